The number of H-pyrrole nitrogens is 1. The maximum atomic E-state index is 12.3. The summed E-state index contributed by atoms with van der Waals surface area (Å²) < 4.78 is 1.96. The molecule has 0 spiro atoms. The molecule has 2 aliphatic heterocycles. The van der Waals surface area contributed by atoms with Gasteiger partial charge in [0.2, 0.25) is 0 Å². The molecule has 3 rings (SSSR count). The van der Waals surface area contributed by atoms with Crippen LogP contribution in [0.2, 0.25) is 0 Å². The first kappa shape index (κ1) is 19.7. The molecule has 0 aliphatic carbocycles. The zero-order valence-corrected chi connectivity index (χ0v) is 16.9. The second-order valence-corrected chi connectivity index (χ2v) is 7.01. The molecule has 0 saturated heterocycles. The highest BCUT2D eigenvalue weighted by Crippen LogP contribution is 2.24. The minimum Gasteiger partial charge on any atom is -0.322 e. The number of aromatic nitrogens is 4. The Hall–Kier alpha value is -3.02. The van der Waals surface area contributed by atoms with E-state index < -0.39 is 11.2 Å². The summed E-state index contributed by atoms with van der Waals surface area (Å²) in [5.74, 6) is 0.343. The minimum absolute atomic E-state index is 0.201. The van der Waals surface area contributed by atoms with Gasteiger partial charge in [0.05, 0.1) is 11.0 Å². The van der Waals surface area contributed by atoms with Crippen molar-refractivity contribution in [3.63, 3.8) is 0 Å². The number of aryl methyl sites for hydroxylation is 3. The molecule has 146 valence electrons. The lowest BCUT2D eigenvalue weighted by Crippen LogP contribution is -2.29. The molecule has 0 unspecified atom stereocenters. The SMILES string of the molecule is C/C=C(\C=C/CC)CCCn1c2nc(=O)[nH]c(=O)c-2nc2cc(C)c(C)cc21. The van der Waals surface area contributed by atoms with E-state index in [0.29, 0.717) is 12.4 Å². The summed E-state index contributed by atoms with van der Waals surface area (Å²) >= 11 is 0. The molecule has 0 aromatic heterocycles. The number of hydrogen-bond donors (Lipinski definition) is 1. The molecule has 0 saturated carbocycles. The number of hydrogen-bond acceptors (Lipinski definition) is 4. The number of rotatable bonds is 6. The lowest BCUT2D eigenvalue weighted by atomic mass is 10.1. The quantitative estimate of drug-likeness (QED) is 0.521. The zero-order valence-electron chi connectivity index (χ0n) is 16.9. The van der Waals surface area contributed by atoms with E-state index in [0.717, 1.165) is 41.4 Å². The molecule has 0 atom stereocenters. The van der Waals surface area contributed by atoms with Crippen LogP contribution in [0.3, 0.4) is 0 Å². The highest BCUT2D eigenvalue weighted by atomic mass is 16.2. The Morgan fingerprint density at radius 3 is 2.64 bits per heavy atom. The first-order chi connectivity index (χ1) is 13.4. The van der Waals surface area contributed by atoms with Crippen LogP contribution in [0.1, 0.15) is 44.2 Å². The fourth-order valence-electron chi connectivity index (χ4n) is 3.31. The van der Waals surface area contributed by atoms with Gasteiger partial charge >= 0.3 is 5.69 Å². The highest BCUT2D eigenvalue weighted by Gasteiger charge is 2.19. The minimum atomic E-state index is -0.642. The van der Waals surface area contributed by atoms with Crippen molar-refractivity contribution in [3.05, 3.63) is 67.9 Å². The Bertz CT molecular complexity index is 1150. The predicted octanol–water partition coefficient (Wildman–Crippen LogP) is 3.89. The van der Waals surface area contributed by atoms with Gasteiger partial charge in [0.1, 0.15) is 0 Å². The normalized spacial score (nSPS) is 12.5. The van der Waals surface area contributed by atoms with Crippen LogP contribution in [-0.4, -0.2) is 19.5 Å². The van der Waals surface area contributed by atoms with E-state index in [1.165, 1.54) is 5.57 Å². The molecule has 2 aliphatic rings. The van der Waals surface area contributed by atoms with Gasteiger partial charge in [-0.15, -0.1) is 0 Å². The molecule has 0 amide bonds. The molecule has 0 radical (unpaired) electrons. The average Bonchev–Trinajstić information content (AvgIpc) is 2.66. The summed E-state index contributed by atoms with van der Waals surface area (Å²) in [6.45, 7) is 8.86. The molecule has 28 heavy (non-hydrogen) atoms. The second-order valence-electron chi connectivity index (χ2n) is 7.01. The van der Waals surface area contributed by atoms with Crippen LogP contribution in [0.5, 0.6) is 0 Å². The van der Waals surface area contributed by atoms with E-state index >= 15 is 0 Å². The summed E-state index contributed by atoms with van der Waals surface area (Å²) in [4.78, 5) is 34.9. The predicted molar refractivity (Wildman–Crippen MR) is 113 cm³/mol. The average molecular weight is 378 g/mol. The van der Waals surface area contributed by atoms with E-state index in [2.05, 4.69) is 46.2 Å². The van der Waals surface area contributed by atoms with Crippen LogP contribution in [0.15, 0.2) is 45.5 Å². The van der Waals surface area contributed by atoms with E-state index in [1.807, 2.05) is 31.4 Å². The number of benzene rings is 1. The van der Waals surface area contributed by atoms with Crippen LogP contribution < -0.4 is 11.2 Å². The molecular formula is C22H26N4O2. The largest absolute Gasteiger partial charge is 0.349 e. The Labute approximate surface area is 164 Å². The molecule has 6 heteroatoms. The van der Waals surface area contributed by atoms with E-state index in [-0.39, 0.29) is 5.69 Å². The Balaban J connectivity index is 2.09. The van der Waals surface area contributed by atoms with E-state index in [1.54, 1.807) is 0 Å². The monoisotopic (exact) mass is 378 g/mol. The molecular weight excluding hydrogens is 352 g/mol. The molecule has 1 aromatic rings. The Morgan fingerprint density at radius 1 is 1.18 bits per heavy atom. The Kier molecular flexibility index (Phi) is 5.87. The standard InChI is InChI=1S/C22H26N4O2/c1-5-7-9-16(6-2)10-8-11-26-18-13-15(4)14(3)12-17(18)23-19-20(26)24-22(28)25-21(19)27/h6-7,9,12-13H,5,8,10-11H2,1-4H3,(H,25,27,28)/b9-7-,16-6+. The van der Waals surface area contributed by atoms with Gasteiger partial charge < -0.3 is 4.57 Å². The number of allylic oxidation sites excluding steroid dienone is 4. The fourth-order valence-corrected chi connectivity index (χ4v) is 3.31. The number of nitrogens with one attached hydrogen (secondary N) is 1. The van der Waals surface area contributed by atoms with Crippen molar-refractivity contribution >= 4 is 11.0 Å². The van der Waals surface area contributed by atoms with Gasteiger partial charge in [0.25, 0.3) is 5.56 Å². The van der Waals surface area contributed by atoms with Gasteiger partial charge in [-0.3, -0.25) is 9.78 Å². The first-order valence-corrected chi connectivity index (χ1v) is 9.68. The van der Waals surface area contributed by atoms with Gasteiger partial charge in [0, 0.05) is 6.54 Å². The molecule has 1 aromatic carbocycles. The molecule has 0 bridgehead atoms. The van der Waals surface area contributed by atoms with Crippen molar-refractivity contribution in [1.82, 2.24) is 19.5 Å². The van der Waals surface area contributed by atoms with Crippen LogP contribution in [0.4, 0.5) is 0 Å². The number of fused-ring (bicyclic) bond motifs is 2. The fraction of sp³-hybridized carbons (Fsp3) is 0.364. The molecule has 6 nitrogen and oxygen atoms in total. The van der Waals surface area contributed by atoms with Crippen molar-refractivity contribution in [2.24, 2.45) is 0 Å². The second kappa shape index (κ2) is 8.33. The molecule has 2 heterocycles. The summed E-state index contributed by atoms with van der Waals surface area (Å²) in [6, 6.07) is 4.03. The van der Waals surface area contributed by atoms with Crippen molar-refractivity contribution in [2.45, 2.75) is 53.5 Å². The van der Waals surface area contributed by atoms with Gasteiger partial charge in [-0.25, -0.2) is 9.78 Å². The topological polar surface area (TPSA) is 80.6 Å². The Morgan fingerprint density at radius 2 is 1.93 bits per heavy atom. The lowest BCUT2D eigenvalue weighted by Gasteiger charge is -2.18. The molecule has 0 fully saturated rings. The van der Waals surface area contributed by atoms with Crippen LogP contribution in [0, 0.1) is 13.8 Å². The third kappa shape index (κ3) is 3.96. The summed E-state index contributed by atoms with van der Waals surface area (Å²) in [5, 5.41) is 0. The highest BCUT2D eigenvalue weighted by molar-refractivity contribution is 5.81. The smallest absolute Gasteiger partial charge is 0.322 e. The number of aromatic amines is 1. The van der Waals surface area contributed by atoms with Crippen LogP contribution >= 0.6 is 0 Å². The first-order valence-electron chi connectivity index (χ1n) is 9.68. The van der Waals surface area contributed by atoms with Crippen molar-refractivity contribution in [3.8, 4) is 11.5 Å². The van der Waals surface area contributed by atoms with Crippen molar-refractivity contribution in [2.75, 3.05) is 0 Å². The summed E-state index contributed by atoms with van der Waals surface area (Å²) in [7, 11) is 0. The van der Waals surface area contributed by atoms with Crippen molar-refractivity contribution < 1.29 is 0 Å². The third-order valence-corrected chi connectivity index (χ3v) is 5.01. The number of nitrogens with zero attached hydrogens (tertiary/aromatic N) is 3. The maximum Gasteiger partial charge on any atom is 0.349 e. The maximum absolute atomic E-state index is 12.3. The van der Waals surface area contributed by atoms with Crippen LogP contribution in [0.25, 0.3) is 22.6 Å². The van der Waals surface area contributed by atoms with Crippen molar-refractivity contribution in [1.29, 1.82) is 0 Å². The zero-order chi connectivity index (χ0) is 20.3. The van der Waals surface area contributed by atoms with Gasteiger partial charge in [-0.1, -0.05) is 30.7 Å². The van der Waals surface area contributed by atoms with Gasteiger partial charge in [-0.05, 0) is 63.3 Å². The summed E-state index contributed by atoms with van der Waals surface area (Å²) in [5.41, 5.74) is 4.20. The van der Waals surface area contributed by atoms with E-state index in [4.69, 9.17) is 0 Å². The lowest BCUT2D eigenvalue weighted by molar-refractivity contribution is 0.649. The third-order valence-electron chi connectivity index (χ3n) is 5.01. The van der Waals surface area contributed by atoms with Gasteiger partial charge in [0.15, 0.2) is 11.5 Å². The molecule has 1 N–H and O–H groups in total. The van der Waals surface area contributed by atoms with Gasteiger partial charge in [-0.2, -0.15) is 4.98 Å². The summed E-state index contributed by atoms with van der Waals surface area (Å²) in [6.07, 6.45) is 9.19. The van der Waals surface area contributed by atoms with E-state index in [9.17, 15) is 9.59 Å². The van der Waals surface area contributed by atoms with Crippen LogP contribution in [-0.2, 0) is 6.54 Å².